The van der Waals surface area contributed by atoms with Crippen molar-refractivity contribution < 1.29 is 9.53 Å². The van der Waals surface area contributed by atoms with Gasteiger partial charge in [-0.1, -0.05) is 51.1 Å². The maximum atomic E-state index is 12.6. The summed E-state index contributed by atoms with van der Waals surface area (Å²) in [5, 5.41) is 6.90. The van der Waals surface area contributed by atoms with Gasteiger partial charge in [0.25, 0.3) is 11.5 Å². The van der Waals surface area contributed by atoms with E-state index < -0.39 is 5.91 Å². The molecule has 0 fully saturated rings. The number of aromatic amines is 1. The molecule has 0 spiro atoms. The van der Waals surface area contributed by atoms with Gasteiger partial charge in [0, 0.05) is 5.69 Å². The van der Waals surface area contributed by atoms with Crippen molar-refractivity contribution in [2.75, 3.05) is 6.61 Å². The van der Waals surface area contributed by atoms with Gasteiger partial charge in [0.2, 0.25) is 0 Å². The second kappa shape index (κ2) is 8.82. The lowest BCUT2D eigenvalue weighted by Crippen LogP contribution is -2.25. The molecule has 3 aromatic rings. The molecule has 1 amide bonds. The van der Waals surface area contributed by atoms with E-state index in [9.17, 15) is 9.59 Å². The molecule has 0 saturated heterocycles. The van der Waals surface area contributed by atoms with E-state index >= 15 is 0 Å². The molecule has 1 aromatic heterocycles. The number of rotatable bonds is 6. The third-order valence-corrected chi connectivity index (χ3v) is 4.60. The molecule has 0 unspecified atom stereocenters. The van der Waals surface area contributed by atoms with E-state index in [1.165, 1.54) is 16.5 Å². The number of para-hydroxylation sites is 1. The second-order valence-corrected chi connectivity index (χ2v) is 7.98. The molecule has 30 heavy (non-hydrogen) atoms. The summed E-state index contributed by atoms with van der Waals surface area (Å²) in [6, 6.07) is 16.9. The molecule has 2 N–H and O–H groups in total. The SMILES string of the molecule is Cc1[nH]n(-c2ccccc2)c(=O)c1C=NNC(=O)COc1ccc(C(C)(C)C)cc1. The predicted octanol–water partition coefficient (Wildman–Crippen LogP) is 3.30. The fraction of sp³-hybridized carbons (Fsp3) is 0.261. The number of H-pyrrole nitrogens is 1. The molecule has 0 aliphatic carbocycles. The van der Waals surface area contributed by atoms with Crippen LogP contribution in [-0.2, 0) is 10.2 Å². The minimum atomic E-state index is -0.414. The Hall–Kier alpha value is -3.61. The van der Waals surface area contributed by atoms with E-state index in [1.54, 1.807) is 6.92 Å². The van der Waals surface area contributed by atoms with Gasteiger partial charge in [0.1, 0.15) is 5.75 Å². The van der Waals surface area contributed by atoms with Gasteiger partial charge in [-0.25, -0.2) is 10.1 Å². The minimum Gasteiger partial charge on any atom is -0.484 e. The van der Waals surface area contributed by atoms with Crippen LogP contribution in [-0.4, -0.2) is 28.5 Å². The van der Waals surface area contributed by atoms with Gasteiger partial charge >= 0.3 is 0 Å². The summed E-state index contributed by atoms with van der Waals surface area (Å²) < 4.78 is 6.92. The number of carbonyl (C=O) groups excluding carboxylic acids is 1. The van der Waals surface area contributed by atoms with Crippen molar-refractivity contribution in [1.82, 2.24) is 15.2 Å². The van der Waals surface area contributed by atoms with Gasteiger partial charge < -0.3 is 4.74 Å². The van der Waals surface area contributed by atoms with E-state index in [4.69, 9.17) is 4.74 Å². The summed E-state index contributed by atoms with van der Waals surface area (Å²) in [6.45, 7) is 8.00. The lowest BCUT2D eigenvalue weighted by Gasteiger charge is -2.19. The Kier molecular flexibility index (Phi) is 6.20. The number of aromatic nitrogens is 2. The minimum absolute atomic E-state index is 0.0556. The molecule has 0 aliphatic heterocycles. The Balaban J connectivity index is 1.57. The fourth-order valence-electron chi connectivity index (χ4n) is 2.87. The maximum Gasteiger partial charge on any atom is 0.280 e. The molecule has 0 atom stereocenters. The molecule has 7 nitrogen and oxygen atoms in total. The van der Waals surface area contributed by atoms with Gasteiger partial charge in [-0.05, 0) is 42.2 Å². The van der Waals surface area contributed by atoms with E-state index in [-0.39, 0.29) is 17.6 Å². The smallest absolute Gasteiger partial charge is 0.280 e. The van der Waals surface area contributed by atoms with Crippen molar-refractivity contribution in [3.8, 4) is 11.4 Å². The van der Waals surface area contributed by atoms with Gasteiger partial charge in [-0.2, -0.15) is 5.10 Å². The standard InChI is InChI=1S/C23H26N4O3/c1-16-20(22(29)27(26-16)18-8-6-5-7-9-18)14-24-25-21(28)15-30-19-12-10-17(11-13-19)23(2,3)4/h5-14,26H,15H2,1-4H3,(H,25,28). The van der Waals surface area contributed by atoms with Gasteiger partial charge in [-0.3, -0.25) is 14.7 Å². The zero-order chi connectivity index (χ0) is 21.7. The van der Waals surface area contributed by atoms with Crippen molar-refractivity contribution in [2.24, 2.45) is 5.10 Å². The largest absolute Gasteiger partial charge is 0.484 e. The molecule has 0 saturated carbocycles. The van der Waals surface area contributed by atoms with Crippen molar-refractivity contribution >= 4 is 12.1 Å². The first kappa shape index (κ1) is 21.1. The van der Waals surface area contributed by atoms with E-state index in [0.29, 0.717) is 17.0 Å². The molecular formula is C23H26N4O3. The molecule has 0 bridgehead atoms. The zero-order valence-electron chi connectivity index (χ0n) is 17.6. The van der Waals surface area contributed by atoms with E-state index in [2.05, 4.69) is 36.4 Å². The third-order valence-electron chi connectivity index (χ3n) is 4.60. The number of benzene rings is 2. The lowest BCUT2D eigenvalue weighted by atomic mass is 9.87. The van der Waals surface area contributed by atoms with E-state index in [1.807, 2.05) is 54.6 Å². The number of hydrogen-bond donors (Lipinski definition) is 2. The molecule has 0 radical (unpaired) electrons. The zero-order valence-corrected chi connectivity index (χ0v) is 17.6. The highest BCUT2D eigenvalue weighted by Crippen LogP contribution is 2.24. The lowest BCUT2D eigenvalue weighted by molar-refractivity contribution is -0.123. The van der Waals surface area contributed by atoms with Crippen LogP contribution in [0.15, 0.2) is 64.5 Å². The highest BCUT2D eigenvalue weighted by molar-refractivity contribution is 5.83. The highest BCUT2D eigenvalue weighted by atomic mass is 16.5. The van der Waals surface area contributed by atoms with Gasteiger partial charge in [0.15, 0.2) is 6.61 Å². The van der Waals surface area contributed by atoms with Crippen LogP contribution in [0.25, 0.3) is 5.69 Å². The third kappa shape index (κ3) is 5.05. The van der Waals surface area contributed by atoms with Crippen LogP contribution < -0.4 is 15.7 Å². The summed E-state index contributed by atoms with van der Waals surface area (Å²) in [5.74, 6) is 0.192. The maximum absolute atomic E-state index is 12.6. The summed E-state index contributed by atoms with van der Waals surface area (Å²) in [5.41, 5.74) is 5.13. The van der Waals surface area contributed by atoms with Crippen LogP contribution >= 0.6 is 0 Å². The summed E-state index contributed by atoms with van der Waals surface area (Å²) in [7, 11) is 0. The highest BCUT2D eigenvalue weighted by Gasteiger charge is 2.13. The molecule has 7 heteroatoms. The van der Waals surface area contributed by atoms with Gasteiger partial charge in [0.05, 0.1) is 17.5 Å². The van der Waals surface area contributed by atoms with Crippen molar-refractivity contribution in [2.45, 2.75) is 33.1 Å². The average Bonchev–Trinajstić information content (AvgIpc) is 3.01. The van der Waals surface area contributed by atoms with Crippen molar-refractivity contribution in [1.29, 1.82) is 0 Å². The number of hydrazone groups is 1. The Morgan fingerprint density at radius 2 is 1.80 bits per heavy atom. The van der Waals surface area contributed by atoms with Gasteiger partial charge in [-0.15, -0.1) is 0 Å². The Labute approximate surface area is 175 Å². The number of ether oxygens (including phenoxy) is 1. The Morgan fingerprint density at radius 1 is 1.13 bits per heavy atom. The summed E-state index contributed by atoms with van der Waals surface area (Å²) in [4.78, 5) is 24.6. The molecule has 3 rings (SSSR count). The molecule has 2 aromatic carbocycles. The van der Waals surface area contributed by atoms with Crippen molar-refractivity contribution in [3.63, 3.8) is 0 Å². The summed E-state index contributed by atoms with van der Waals surface area (Å²) >= 11 is 0. The molecule has 0 aliphatic rings. The van der Waals surface area contributed by atoms with Crippen LogP contribution in [0.2, 0.25) is 0 Å². The number of carbonyl (C=O) groups is 1. The Bertz CT molecular complexity index is 1090. The normalized spacial score (nSPS) is 11.6. The number of nitrogens with zero attached hydrogens (tertiary/aromatic N) is 2. The van der Waals surface area contributed by atoms with Crippen LogP contribution in [0.1, 0.15) is 37.6 Å². The molecular weight excluding hydrogens is 380 g/mol. The average molecular weight is 406 g/mol. The van der Waals surface area contributed by atoms with Crippen LogP contribution in [0.4, 0.5) is 0 Å². The summed E-state index contributed by atoms with van der Waals surface area (Å²) in [6.07, 6.45) is 1.34. The molecule has 1 heterocycles. The van der Waals surface area contributed by atoms with Crippen LogP contribution in [0.5, 0.6) is 5.75 Å². The first-order valence-electron chi connectivity index (χ1n) is 9.68. The monoisotopic (exact) mass is 406 g/mol. The predicted molar refractivity (Wildman–Crippen MR) is 118 cm³/mol. The number of aryl methyl sites for hydroxylation is 1. The number of hydrogen-bond acceptors (Lipinski definition) is 4. The first-order chi connectivity index (χ1) is 14.3. The fourth-order valence-corrected chi connectivity index (χ4v) is 2.87. The number of nitrogens with one attached hydrogen (secondary N) is 2. The van der Waals surface area contributed by atoms with Crippen LogP contribution in [0, 0.1) is 6.92 Å². The quantitative estimate of drug-likeness (QED) is 0.486. The molecule has 156 valence electrons. The number of amides is 1. The van der Waals surface area contributed by atoms with E-state index in [0.717, 1.165) is 5.69 Å². The topological polar surface area (TPSA) is 88.5 Å². The first-order valence-corrected chi connectivity index (χ1v) is 9.68. The van der Waals surface area contributed by atoms with Crippen LogP contribution in [0.3, 0.4) is 0 Å². The van der Waals surface area contributed by atoms with Crippen molar-refractivity contribution in [3.05, 3.63) is 81.8 Å². The second-order valence-electron chi connectivity index (χ2n) is 7.98. The Morgan fingerprint density at radius 3 is 2.43 bits per heavy atom.